The molecule has 9 heavy (non-hydrogen) atoms. The summed E-state index contributed by atoms with van der Waals surface area (Å²) in [4.78, 5) is 0. The second-order valence-electron chi connectivity index (χ2n) is 1.72. The van der Waals surface area contributed by atoms with E-state index in [1.54, 1.807) is 6.08 Å². The van der Waals surface area contributed by atoms with E-state index in [1.807, 2.05) is 0 Å². The van der Waals surface area contributed by atoms with Crippen LogP contribution in [0.5, 0.6) is 0 Å². The van der Waals surface area contributed by atoms with Crippen molar-refractivity contribution >= 4 is 11.6 Å². The molecule has 0 aliphatic heterocycles. The second-order valence-corrected chi connectivity index (χ2v) is 1.97. The van der Waals surface area contributed by atoms with Crippen molar-refractivity contribution in [2.45, 2.75) is 26.2 Å². The first-order valence-corrected chi connectivity index (χ1v) is 3.59. The molecule has 0 aromatic rings. The van der Waals surface area contributed by atoms with E-state index < -0.39 is 0 Å². The zero-order valence-corrected chi connectivity index (χ0v) is 6.41. The summed E-state index contributed by atoms with van der Waals surface area (Å²) in [5.41, 5.74) is 1.43. The Hall–Kier alpha value is -0.410. The van der Waals surface area contributed by atoms with Gasteiger partial charge < -0.3 is 0 Å². The van der Waals surface area contributed by atoms with E-state index in [1.165, 1.54) is 18.4 Å². The van der Waals surface area contributed by atoms with Gasteiger partial charge in [0.15, 0.2) is 0 Å². The molecule has 0 saturated heterocycles. The Bertz CT molecular complexity index is 125. The fourth-order valence-corrected chi connectivity index (χ4v) is 0.491. The smallest absolute Gasteiger partial charge is 0.0126 e. The Labute approximate surface area is 61.9 Å². The monoisotopic (exact) mass is 142 g/mol. The van der Waals surface area contributed by atoms with Crippen LogP contribution in [-0.2, 0) is 0 Å². The fourth-order valence-electron chi connectivity index (χ4n) is 0.428. The van der Waals surface area contributed by atoms with Crippen LogP contribution in [0.15, 0.2) is 11.6 Å². The number of allylic oxidation sites excluding steroid dienone is 1. The molecular formula is C8H11Cl. The van der Waals surface area contributed by atoms with Gasteiger partial charge in [-0.05, 0) is 12.5 Å². The van der Waals surface area contributed by atoms with Crippen molar-refractivity contribution in [2.24, 2.45) is 0 Å². The first-order chi connectivity index (χ1) is 4.41. The third-order valence-electron chi connectivity index (χ3n) is 0.904. The van der Waals surface area contributed by atoms with Crippen LogP contribution in [-0.4, -0.2) is 0 Å². The number of rotatable bonds is 2. The quantitative estimate of drug-likeness (QED) is 0.411. The van der Waals surface area contributed by atoms with Crippen LogP contribution in [0.25, 0.3) is 0 Å². The Morgan fingerprint density at radius 2 is 2.33 bits per heavy atom. The molecule has 0 saturated carbocycles. The van der Waals surface area contributed by atoms with Gasteiger partial charge in [-0.25, -0.2) is 0 Å². The van der Waals surface area contributed by atoms with Gasteiger partial charge in [-0.1, -0.05) is 36.8 Å². The highest BCUT2D eigenvalue weighted by Gasteiger charge is 1.73. The van der Waals surface area contributed by atoms with Crippen molar-refractivity contribution in [1.82, 2.24) is 0 Å². The van der Waals surface area contributed by atoms with Crippen LogP contribution >= 0.6 is 11.6 Å². The third kappa shape index (κ3) is 7.59. The summed E-state index contributed by atoms with van der Waals surface area (Å²) in [6, 6.07) is 0. The SMILES string of the molecule is CCCCC#C/C=C/Cl. The van der Waals surface area contributed by atoms with Crippen LogP contribution in [0.3, 0.4) is 0 Å². The molecular weight excluding hydrogens is 132 g/mol. The third-order valence-corrected chi connectivity index (χ3v) is 1.03. The Balaban J connectivity index is 3.16. The van der Waals surface area contributed by atoms with Gasteiger partial charge in [0, 0.05) is 12.0 Å². The molecule has 0 aliphatic rings. The summed E-state index contributed by atoms with van der Waals surface area (Å²) in [5.74, 6) is 5.77. The highest BCUT2D eigenvalue weighted by molar-refractivity contribution is 6.25. The Morgan fingerprint density at radius 3 is 2.89 bits per heavy atom. The summed E-state index contributed by atoms with van der Waals surface area (Å²) in [6.07, 6.45) is 5.03. The maximum atomic E-state index is 5.23. The average Bonchev–Trinajstić information content (AvgIpc) is 1.89. The summed E-state index contributed by atoms with van der Waals surface area (Å²) < 4.78 is 0. The van der Waals surface area contributed by atoms with Gasteiger partial charge in [0.2, 0.25) is 0 Å². The molecule has 0 fully saturated rings. The van der Waals surface area contributed by atoms with Gasteiger partial charge in [0.1, 0.15) is 0 Å². The maximum Gasteiger partial charge on any atom is 0.0126 e. The highest BCUT2D eigenvalue weighted by Crippen LogP contribution is 1.90. The van der Waals surface area contributed by atoms with Crippen LogP contribution in [0.2, 0.25) is 0 Å². The lowest BCUT2D eigenvalue weighted by Crippen LogP contribution is -1.65. The van der Waals surface area contributed by atoms with E-state index in [9.17, 15) is 0 Å². The first kappa shape index (κ1) is 8.59. The van der Waals surface area contributed by atoms with Gasteiger partial charge in [-0.15, -0.1) is 0 Å². The molecule has 0 heterocycles. The van der Waals surface area contributed by atoms with Crippen molar-refractivity contribution in [1.29, 1.82) is 0 Å². The number of halogens is 1. The topological polar surface area (TPSA) is 0 Å². The lowest BCUT2D eigenvalue weighted by atomic mass is 10.2. The first-order valence-electron chi connectivity index (χ1n) is 3.15. The van der Waals surface area contributed by atoms with Gasteiger partial charge in [0.25, 0.3) is 0 Å². The van der Waals surface area contributed by atoms with Gasteiger partial charge in [-0.3, -0.25) is 0 Å². The van der Waals surface area contributed by atoms with E-state index in [0.29, 0.717) is 0 Å². The minimum atomic E-state index is 0.984. The van der Waals surface area contributed by atoms with Gasteiger partial charge in [0.05, 0.1) is 0 Å². The van der Waals surface area contributed by atoms with E-state index in [0.717, 1.165) is 6.42 Å². The van der Waals surface area contributed by atoms with Gasteiger partial charge in [-0.2, -0.15) is 0 Å². The molecule has 0 aliphatic carbocycles. The molecule has 0 bridgehead atoms. The normalized spacial score (nSPS) is 9.11. The molecule has 0 atom stereocenters. The summed E-state index contributed by atoms with van der Waals surface area (Å²) in [5, 5.41) is 0. The zero-order chi connectivity index (χ0) is 6.95. The van der Waals surface area contributed by atoms with E-state index >= 15 is 0 Å². The molecule has 0 amide bonds. The highest BCUT2D eigenvalue weighted by atomic mass is 35.5. The number of hydrogen-bond acceptors (Lipinski definition) is 0. The van der Waals surface area contributed by atoms with Gasteiger partial charge >= 0.3 is 0 Å². The molecule has 50 valence electrons. The lowest BCUT2D eigenvalue weighted by molar-refractivity contribution is 0.828. The minimum Gasteiger partial charge on any atom is -0.0985 e. The van der Waals surface area contributed by atoms with Crippen molar-refractivity contribution < 1.29 is 0 Å². The average molecular weight is 143 g/mol. The van der Waals surface area contributed by atoms with Crippen LogP contribution in [0.1, 0.15) is 26.2 Å². The maximum absolute atomic E-state index is 5.23. The molecule has 0 spiro atoms. The zero-order valence-electron chi connectivity index (χ0n) is 5.65. The molecule has 0 radical (unpaired) electrons. The van der Waals surface area contributed by atoms with Crippen molar-refractivity contribution in [3.8, 4) is 11.8 Å². The Morgan fingerprint density at radius 1 is 1.56 bits per heavy atom. The number of unbranched alkanes of at least 4 members (excludes halogenated alkanes) is 2. The lowest BCUT2D eigenvalue weighted by Gasteiger charge is -1.81. The fraction of sp³-hybridized carbons (Fsp3) is 0.500. The molecule has 0 N–H and O–H groups in total. The summed E-state index contributed by atoms with van der Waals surface area (Å²) in [7, 11) is 0. The molecule has 1 heteroatoms. The second kappa shape index (κ2) is 7.59. The standard InChI is InChI=1S/C8H11Cl/c1-2-3-4-5-6-7-8-9/h7-8H,2-4H2,1H3/b8-7+. The molecule has 0 rings (SSSR count). The van der Waals surface area contributed by atoms with Crippen molar-refractivity contribution in [3.05, 3.63) is 11.6 Å². The predicted octanol–water partition coefficient (Wildman–Crippen LogP) is 2.93. The molecule has 0 unspecified atom stereocenters. The summed E-state index contributed by atoms with van der Waals surface area (Å²) in [6.45, 7) is 2.15. The van der Waals surface area contributed by atoms with E-state index in [2.05, 4.69) is 18.8 Å². The van der Waals surface area contributed by atoms with Crippen LogP contribution in [0, 0.1) is 11.8 Å². The largest absolute Gasteiger partial charge is 0.0985 e. The molecule has 0 aromatic carbocycles. The minimum absolute atomic E-state index is 0.984. The number of hydrogen-bond donors (Lipinski definition) is 0. The van der Waals surface area contributed by atoms with Crippen LogP contribution in [0.4, 0.5) is 0 Å². The van der Waals surface area contributed by atoms with Crippen LogP contribution < -0.4 is 0 Å². The molecule has 0 nitrogen and oxygen atoms in total. The predicted molar refractivity (Wildman–Crippen MR) is 42.3 cm³/mol. The molecule has 0 aromatic heterocycles. The summed E-state index contributed by atoms with van der Waals surface area (Å²) >= 11 is 5.23. The van der Waals surface area contributed by atoms with E-state index in [-0.39, 0.29) is 0 Å². The van der Waals surface area contributed by atoms with Crippen molar-refractivity contribution in [3.63, 3.8) is 0 Å². The van der Waals surface area contributed by atoms with E-state index in [4.69, 9.17) is 11.6 Å². The Kier molecular flexibility index (Phi) is 7.24. The van der Waals surface area contributed by atoms with Crippen molar-refractivity contribution in [2.75, 3.05) is 0 Å².